The number of thiazole rings is 1. The highest BCUT2D eigenvalue weighted by Crippen LogP contribution is 2.51. The fraction of sp³-hybridized carbons (Fsp3) is 0.600. The van der Waals surface area contributed by atoms with Gasteiger partial charge in [0, 0.05) is 23.9 Å². The SMILES string of the molecule is CCN(CCC(C)C)C(=O)OCOC(=O)C1=C(SC=Cc2scnc2CO)[C@H](C)[C@@H]2[C@@H]([C@@H](C)O)C(=O)N12. The number of carbonyl (C=O) groups excluding carboxylic acids is 3. The van der Waals surface area contributed by atoms with E-state index in [-0.39, 0.29) is 30.2 Å². The number of fused-ring (bicyclic) bond motifs is 1. The number of β-lactam (4-membered cyclic amide) rings is 1. The highest BCUT2D eigenvalue weighted by atomic mass is 32.2. The van der Waals surface area contributed by atoms with Gasteiger partial charge in [0.1, 0.15) is 5.70 Å². The van der Waals surface area contributed by atoms with Crippen LogP contribution in [0.25, 0.3) is 6.08 Å². The van der Waals surface area contributed by atoms with Crippen LogP contribution in [0, 0.1) is 17.8 Å². The summed E-state index contributed by atoms with van der Waals surface area (Å²) < 4.78 is 10.4. The predicted octanol–water partition coefficient (Wildman–Crippen LogP) is 3.41. The Morgan fingerprint density at radius 1 is 1.32 bits per heavy atom. The highest BCUT2D eigenvalue weighted by Gasteiger charge is 2.60. The van der Waals surface area contributed by atoms with Crippen molar-refractivity contribution in [2.24, 2.45) is 17.8 Å². The van der Waals surface area contributed by atoms with E-state index in [1.807, 2.05) is 13.8 Å². The smallest absolute Gasteiger partial charge is 0.412 e. The minimum atomic E-state index is -0.857. The van der Waals surface area contributed by atoms with Crippen molar-refractivity contribution in [3.63, 3.8) is 0 Å². The van der Waals surface area contributed by atoms with Crippen LogP contribution in [0.4, 0.5) is 4.79 Å². The number of aliphatic hydroxyl groups excluding tert-OH is 2. The number of rotatable bonds is 12. The van der Waals surface area contributed by atoms with Crippen LogP contribution in [0.3, 0.4) is 0 Å². The molecule has 3 rings (SSSR count). The van der Waals surface area contributed by atoms with Crippen molar-refractivity contribution in [2.75, 3.05) is 19.9 Å². The third-order valence-electron chi connectivity index (χ3n) is 6.53. The molecule has 0 bridgehead atoms. The second-order valence-electron chi connectivity index (χ2n) is 9.43. The van der Waals surface area contributed by atoms with E-state index in [2.05, 4.69) is 18.8 Å². The van der Waals surface area contributed by atoms with Crippen molar-refractivity contribution in [1.82, 2.24) is 14.8 Å². The molecule has 204 valence electrons. The number of hydrogen-bond donors (Lipinski definition) is 2. The van der Waals surface area contributed by atoms with Gasteiger partial charge < -0.3 is 29.5 Å². The molecule has 37 heavy (non-hydrogen) atoms. The van der Waals surface area contributed by atoms with Crippen LogP contribution in [0.2, 0.25) is 0 Å². The van der Waals surface area contributed by atoms with Crippen molar-refractivity contribution in [3.8, 4) is 0 Å². The highest BCUT2D eigenvalue weighted by molar-refractivity contribution is 8.06. The Hall–Kier alpha value is -2.41. The monoisotopic (exact) mass is 553 g/mol. The number of carbonyl (C=O) groups is 3. The van der Waals surface area contributed by atoms with Crippen molar-refractivity contribution in [3.05, 3.63) is 32.1 Å². The molecule has 0 radical (unpaired) electrons. The van der Waals surface area contributed by atoms with Gasteiger partial charge in [0.15, 0.2) is 0 Å². The van der Waals surface area contributed by atoms with Crippen LogP contribution in [-0.4, -0.2) is 75.0 Å². The molecule has 1 saturated heterocycles. The van der Waals surface area contributed by atoms with E-state index in [9.17, 15) is 24.6 Å². The lowest BCUT2D eigenvalue weighted by molar-refractivity contribution is -0.166. The lowest BCUT2D eigenvalue weighted by Gasteiger charge is -2.46. The zero-order valence-corrected chi connectivity index (χ0v) is 23.4. The zero-order valence-electron chi connectivity index (χ0n) is 21.7. The summed E-state index contributed by atoms with van der Waals surface area (Å²) in [5.41, 5.74) is 2.29. The molecule has 4 atom stereocenters. The number of amides is 2. The summed E-state index contributed by atoms with van der Waals surface area (Å²) in [5, 5.41) is 21.3. The van der Waals surface area contributed by atoms with Gasteiger partial charge in [0.25, 0.3) is 0 Å². The first-order valence-corrected chi connectivity index (χ1v) is 14.1. The van der Waals surface area contributed by atoms with Gasteiger partial charge in [-0.05, 0) is 37.7 Å². The molecule has 2 amide bonds. The van der Waals surface area contributed by atoms with Crippen molar-refractivity contribution >= 4 is 47.1 Å². The van der Waals surface area contributed by atoms with Gasteiger partial charge in [-0.15, -0.1) is 11.3 Å². The van der Waals surface area contributed by atoms with Crippen molar-refractivity contribution in [1.29, 1.82) is 0 Å². The van der Waals surface area contributed by atoms with Crippen LogP contribution in [0.15, 0.2) is 21.5 Å². The topological polar surface area (TPSA) is 130 Å². The lowest BCUT2D eigenvalue weighted by atomic mass is 9.79. The van der Waals surface area contributed by atoms with E-state index in [1.165, 1.54) is 28.0 Å². The minimum absolute atomic E-state index is 0.101. The maximum absolute atomic E-state index is 13.1. The molecule has 0 unspecified atom stereocenters. The minimum Gasteiger partial charge on any atom is -0.423 e. The average Bonchev–Trinajstić information content (AvgIpc) is 3.39. The zero-order chi connectivity index (χ0) is 27.3. The van der Waals surface area contributed by atoms with E-state index in [0.717, 1.165) is 11.3 Å². The molecular formula is C25H35N3O7S2. The number of nitrogens with zero attached hydrogens (tertiary/aromatic N) is 3. The average molecular weight is 554 g/mol. The maximum atomic E-state index is 13.1. The maximum Gasteiger partial charge on any atom is 0.412 e. The molecule has 3 heterocycles. The third kappa shape index (κ3) is 6.36. The largest absolute Gasteiger partial charge is 0.423 e. The Morgan fingerprint density at radius 2 is 2.05 bits per heavy atom. The van der Waals surface area contributed by atoms with Gasteiger partial charge in [-0.25, -0.2) is 14.6 Å². The normalized spacial score (nSPS) is 21.9. The Labute approximate surface area is 225 Å². The van der Waals surface area contributed by atoms with Crippen LogP contribution in [-0.2, 0) is 25.7 Å². The second-order valence-corrected chi connectivity index (χ2v) is 11.3. The predicted molar refractivity (Wildman–Crippen MR) is 141 cm³/mol. The van der Waals surface area contributed by atoms with E-state index < -0.39 is 30.9 Å². The summed E-state index contributed by atoms with van der Waals surface area (Å²) in [5.74, 6) is -1.51. The Morgan fingerprint density at radius 3 is 2.68 bits per heavy atom. The molecular weight excluding hydrogens is 518 g/mol. The molecule has 2 N–H and O–H groups in total. The van der Waals surface area contributed by atoms with Gasteiger partial charge in [-0.3, -0.25) is 4.79 Å². The van der Waals surface area contributed by atoms with Crippen LogP contribution >= 0.6 is 23.1 Å². The molecule has 12 heteroatoms. The lowest BCUT2D eigenvalue weighted by Crippen LogP contribution is -2.63. The number of aliphatic hydroxyl groups is 2. The number of ether oxygens (including phenoxy) is 2. The molecule has 2 aliphatic heterocycles. The van der Waals surface area contributed by atoms with Gasteiger partial charge in [0.05, 0.1) is 40.8 Å². The standard InChI is InChI=1S/C25H35N3O7S2/c1-6-27(9-7-14(2)3)25(33)35-13-34-24(32)21-22(36-10-8-18-17(11-29)26-12-37-18)15(4)20-19(16(5)30)23(31)28(20)21/h8,10,12,14-16,19-20,29-30H,6-7,9,11,13H2,1-5H3/t15-,16-,19-,20-/m1/s1. The molecule has 1 aromatic heterocycles. The summed E-state index contributed by atoms with van der Waals surface area (Å²) >= 11 is 2.65. The molecule has 10 nitrogen and oxygen atoms in total. The first-order chi connectivity index (χ1) is 17.6. The van der Waals surface area contributed by atoms with Crippen LogP contribution < -0.4 is 0 Å². The number of hydrogen-bond acceptors (Lipinski definition) is 10. The number of thioether (sulfide) groups is 1. The summed E-state index contributed by atoms with van der Waals surface area (Å²) in [6.07, 6.45) is 1.19. The fourth-order valence-electron chi connectivity index (χ4n) is 4.46. The molecule has 0 aliphatic carbocycles. The molecule has 2 aliphatic rings. The van der Waals surface area contributed by atoms with Crippen molar-refractivity contribution < 1.29 is 34.1 Å². The van der Waals surface area contributed by atoms with E-state index in [1.54, 1.807) is 28.8 Å². The fourth-order valence-corrected chi connectivity index (χ4v) is 6.23. The number of esters is 1. The first-order valence-electron chi connectivity index (χ1n) is 12.3. The van der Waals surface area contributed by atoms with Gasteiger partial charge in [0.2, 0.25) is 12.7 Å². The Bertz CT molecular complexity index is 1050. The van der Waals surface area contributed by atoms with Gasteiger partial charge >= 0.3 is 12.1 Å². The molecule has 0 saturated carbocycles. The molecule has 1 fully saturated rings. The Kier molecular flexibility index (Phi) is 10.2. The van der Waals surface area contributed by atoms with Crippen molar-refractivity contribution in [2.45, 2.75) is 59.8 Å². The van der Waals surface area contributed by atoms with Crippen LogP contribution in [0.1, 0.15) is 51.6 Å². The Balaban J connectivity index is 1.73. The molecule has 0 spiro atoms. The quantitative estimate of drug-likeness (QED) is 0.227. The number of aromatic nitrogens is 1. The van der Waals surface area contributed by atoms with E-state index in [0.29, 0.717) is 29.6 Å². The van der Waals surface area contributed by atoms with Gasteiger partial charge in [-0.2, -0.15) is 0 Å². The second kappa shape index (κ2) is 12.9. The van der Waals surface area contributed by atoms with E-state index >= 15 is 0 Å². The summed E-state index contributed by atoms with van der Waals surface area (Å²) in [4.78, 5) is 46.8. The molecule has 1 aromatic rings. The molecule has 0 aromatic carbocycles. The first kappa shape index (κ1) is 29.2. The van der Waals surface area contributed by atoms with Gasteiger partial charge in [-0.1, -0.05) is 32.5 Å². The summed E-state index contributed by atoms with van der Waals surface area (Å²) in [7, 11) is 0. The third-order valence-corrected chi connectivity index (χ3v) is 8.46. The summed E-state index contributed by atoms with van der Waals surface area (Å²) in [6.45, 7) is 9.69. The summed E-state index contributed by atoms with van der Waals surface area (Å²) in [6, 6.07) is -0.364. The van der Waals surface area contributed by atoms with Crippen LogP contribution in [0.5, 0.6) is 0 Å². The van der Waals surface area contributed by atoms with E-state index in [4.69, 9.17) is 9.47 Å².